The van der Waals surface area contributed by atoms with Crippen molar-refractivity contribution in [2.75, 3.05) is 36.4 Å². The highest BCUT2D eigenvalue weighted by Crippen LogP contribution is 2.52. The third-order valence-electron chi connectivity index (χ3n) is 9.69. The van der Waals surface area contributed by atoms with Gasteiger partial charge in [0.1, 0.15) is 11.6 Å². The molecule has 0 radical (unpaired) electrons. The fraction of sp³-hybridized carbons (Fsp3) is 0.562. The number of rotatable bonds is 9. The zero-order valence-electron chi connectivity index (χ0n) is 25.2. The van der Waals surface area contributed by atoms with Crippen LogP contribution >= 0.6 is 0 Å². The van der Waals surface area contributed by atoms with Crippen LogP contribution in [0.5, 0.6) is 11.5 Å². The van der Waals surface area contributed by atoms with E-state index in [0.29, 0.717) is 34.6 Å². The van der Waals surface area contributed by atoms with Gasteiger partial charge in [0.25, 0.3) is 0 Å². The van der Waals surface area contributed by atoms with Crippen molar-refractivity contribution >= 4 is 29.4 Å². The van der Waals surface area contributed by atoms with Gasteiger partial charge in [0.05, 0.1) is 26.5 Å². The number of anilines is 3. The number of methoxy groups -OCH3 is 2. The van der Waals surface area contributed by atoms with E-state index < -0.39 is 11.8 Å². The van der Waals surface area contributed by atoms with Gasteiger partial charge in [-0.2, -0.15) is 4.98 Å². The van der Waals surface area contributed by atoms with Gasteiger partial charge in [0, 0.05) is 42.5 Å². The molecule has 1 unspecified atom stereocenters. The molecule has 0 bridgehead atoms. The van der Waals surface area contributed by atoms with Gasteiger partial charge in [-0.1, -0.05) is 32.3 Å². The summed E-state index contributed by atoms with van der Waals surface area (Å²) in [5.74, 6) is 2.04. The Morgan fingerprint density at radius 2 is 1.81 bits per heavy atom. The fourth-order valence-electron chi connectivity index (χ4n) is 7.31. The Balaban J connectivity index is 1.28. The molecule has 3 saturated carbocycles. The monoisotopic (exact) mass is 592 g/mol. The first-order valence-corrected chi connectivity index (χ1v) is 15.4. The molecule has 3 atom stereocenters. The smallest absolute Gasteiger partial charge is 0.330 e. The Labute approximate surface area is 252 Å². The van der Waals surface area contributed by atoms with Gasteiger partial charge in [0.2, 0.25) is 11.9 Å². The zero-order chi connectivity index (χ0) is 30.2. The minimum Gasteiger partial charge on any atom is -0.496 e. The van der Waals surface area contributed by atoms with Crippen LogP contribution in [0.1, 0.15) is 74.8 Å². The zero-order valence-corrected chi connectivity index (χ0v) is 25.2. The number of hydrogen-bond acceptors (Lipinski definition) is 7. The maximum absolute atomic E-state index is 15.8. The van der Waals surface area contributed by atoms with E-state index in [-0.39, 0.29) is 41.9 Å². The molecule has 0 saturated heterocycles. The third-order valence-corrected chi connectivity index (χ3v) is 9.69. The van der Waals surface area contributed by atoms with Crippen LogP contribution in [0.25, 0.3) is 0 Å². The van der Waals surface area contributed by atoms with E-state index >= 15 is 4.39 Å². The van der Waals surface area contributed by atoms with Gasteiger partial charge in [-0.3, -0.25) is 14.6 Å². The molecule has 0 spiro atoms. The Hall–Kier alpha value is -3.89. The lowest BCUT2D eigenvalue weighted by molar-refractivity contribution is -0.117. The summed E-state index contributed by atoms with van der Waals surface area (Å²) in [5.41, 5.74) is 1.57. The predicted octanol–water partition coefficient (Wildman–Crippen LogP) is 5.53. The van der Waals surface area contributed by atoms with Gasteiger partial charge < -0.3 is 20.1 Å². The molecule has 3 aliphatic carbocycles. The van der Waals surface area contributed by atoms with Gasteiger partial charge in [-0.15, -0.1) is 0 Å². The molecule has 3 fully saturated rings. The molecule has 2 aromatic rings. The number of nitrogens with zero attached hydrogens (tertiary/aromatic N) is 4. The van der Waals surface area contributed by atoms with E-state index in [1.807, 2.05) is 0 Å². The standard InChI is InChI=1S/C32H41FN6O4/c1-5-26(40)35-22-13-12-20(18-8-6-7-9-18)14-23(22)36-31-34-16-21-17-39(32(41)38(2)30(21)37-31)29-27(19-10-11-19)24(42-3)15-25(43-4)28(29)33/h5,15-16,18-20,22-23H,1,6-14,17H2,2-4H3,(H,35,40)(H,34,36,37)/t20?,22-,23+/m0/s1. The van der Waals surface area contributed by atoms with Crippen molar-refractivity contribution in [1.82, 2.24) is 15.3 Å². The quantitative estimate of drug-likeness (QED) is 0.369. The van der Waals surface area contributed by atoms with E-state index in [2.05, 4.69) is 22.2 Å². The maximum atomic E-state index is 15.8. The molecule has 1 aromatic carbocycles. The number of urea groups is 1. The molecule has 3 amide bonds. The minimum absolute atomic E-state index is 0.0230. The Kier molecular flexibility index (Phi) is 8.15. The first-order valence-electron chi connectivity index (χ1n) is 15.4. The summed E-state index contributed by atoms with van der Waals surface area (Å²) >= 11 is 0. The fourth-order valence-corrected chi connectivity index (χ4v) is 7.31. The van der Waals surface area contributed by atoms with Crippen LogP contribution in [0, 0.1) is 17.7 Å². The summed E-state index contributed by atoms with van der Waals surface area (Å²) in [7, 11) is 4.58. The Morgan fingerprint density at radius 3 is 2.49 bits per heavy atom. The summed E-state index contributed by atoms with van der Waals surface area (Å²) < 4.78 is 26.8. The molecule has 1 aliphatic heterocycles. The average molecular weight is 593 g/mol. The first-order chi connectivity index (χ1) is 20.8. The summed E-state index contributed by atoms with van der Waals surface area (Å²) in [5, 5.41) is 6.59. The van der Waals surface area contributed by atoms with Crippen LogP contribution in [0.15, 0.2) is 24.9 Å². The molecular formula is C32H41FN6O4. The summed E-state index contributed by atoms with van der Waals surface area (Å²) in [4.78, 5) is 38.3. The molecule has 2 N–H and O–H groups in total. The van der Waals surface area contributed by atoms with Crippen molar-refractivity contribution in [2.24, 2.45) is 11.8 Å². The van der Waals surface area contributed by atoms with Crippen molar-refractivity contribution < 1.29 is 23.5 Å². The second-order valence-electron chi connectivity index (χ2n) is 12.3. The molecule has 4 aliphatic rings. The normalized spacial score (nSPS) is 24.0. The van der Waals surface area contributed by atoms with Crippen LogP contribution in [-0.2, 0) is 11.3 Å². The van der Waals surface area contributed by atoms with Crippen LogP contribution in [-0.4, -0.2) is 55.3 Å². The number of carbonyl (C=O) groups is 2. The highest BCUT2D eigenvalue weighted by atomic mass is 19.1. The molecule has 230 valence electrons. The second kappa shape index (κ2) is 12.0. The number of ether oxygens (including phenoxy) is 2. The summed E-state index contributed by atoms with van der Waals surface area (Å²) in [6.07, 6.45) is 12.8. The molecule has 2 heterocycles. The lowest BCUT2D eigenvalue weighted by Crippen LogP contribution is -2.51. The van der Waals surface area contributed by atoms with Crippen LogP contribution < -0.4 is 29.9 Å². The maximum Gasteiger partial charge on any atom is 0.330 e. The van der Waals surface area contributed by atoms with Crippen LogP contribution in [0.3, 0.4) is 0 Å². The van der Waals surface area contributed by atoms with Crippen molar-refractivity contribution in [1.29, 1.82) is 0 Å². The van der Waals surface area contributed by atoms with Gasteiger partial charge >= 0.3 is 6.03 Å². The van der Waals surface area contributed by atoms with Gasteiger partial charge in [-0.25, -0.2) is 14.2 Å². The number of carbonyl (C=O) groups excluding carboxylic acids is 2. The van der Waals surface area contributed by atoms with Crippen molar-refractivity contribution in [3.05, 3.63) is 41.9 Å². The lowest BCUT2D eigenvalue weighted by atomic mass is 9.75. The highest BCUT2D eigenvalue weighted by molar-refractivity contribution is 6.06. The van der Waals surface area contributed by atoms with Crippen molar-refractivity contribution in [3.8, 4) is 11.5 Å². The second-order valence-corrected chi connectivity index (χ2v) is 12.3. The van der Waals surface area contributed by atoms with Gasteiger partial charge in [0.15, 0.2) is 11.6 Å². The first kappa shape index (κ1) is 29.2. The SMILES string of the molecule is C=CC(=O)N[C@H]1CCC(C2CCCC2)C[C@H]1Nc1ncc2c(n1)N(C)C(=O)N(c1c(F)c(OC)cc(OC)c1C1CC1)C2. The third kappa shape index (κ3) is 5.61. The molecule has 1 aromatic heterocycles. The number of nitrogens with one attached hydrogen (secondary N) is 2. The van der Waals surface area contributed by atoms with Crippen LogP contribution in [0.2, 0.25) is 0 Å². The molecular weight excluding hydrogens is 551 g/mol. The van der Waals surface area contributed by atoms with Crippen molar-refractivity contribution in [3.63, 3.8) is 0 Å². The summed E-state index contributed by atoms with van der Waals surface area (Å²) in [6.45, 7) is 3.72. The number of halogens is 1. The molecule has 6 rings (SSSR count). The summed E-state index contributed by atoms with van der Waals surface area (Å²) in [6, 6.07) is 1.02. The highest BCUT2D eigenvalue weighted by Gasteiger charge is 2.40. The number of fused-ring (bicyclic) bond motifs is 1. The average Bonchev–Trinajstić information content (AvgIpc) is 3.71. The Bertz CT molecular complexity index is 1410. The largest absolute Gasteiger partial charge is 0.496 e. The van der Waals surface area contributed by atoms with Crippen molar-refractivity contribution in [2.45, 2.75) is 82.3 Å². The molecule has 11 heteroatoms. The number of aromatic nitrogens is 2. The number of amides is 3. The van der Waals surface area contributed by atoms with Gasteiger partial charge in [-0.05, 0) is 55.9 Å². The van der Waals surface area contributed by atoms with E-state index in [4.69, 9.17) is 14.5 Å². The minimum atomic E-state index is -0.587. The van der Waals surface area contributed by atoms with E-state index in [1.165, 1.54) is 48.7 Å². The molecule has 10 nitrogen and oxygen atoms in total. The van der Waals surface area contributed by atoms with E-state index in [0.717, 1.165) is 38.0 Å². The number of hydrogen-bond donors (Lipinski definition) is 2. The predicted molar refractivity (Wildman–Crippen MR) is 162 cm³/mol. The lowest BCUT2D eigenvalue weighted by Gasteiger charge is -2.39. The number of benzene rings is 1. The molecule has 43 heavy (non-hydrogen) atoms. The van der Waals surface area contributed by atoms with Crippen LogP contribution in [0.4, 0.5) is 26.6 Å². The topological polar surface area (TPSA) is 109 Å². The van der Waals surface area contributed by atoms with E-state index in [1.54, 1.807) is 26.4 Å². The Morgan fingerprint density at radius 1 is 1.07 bits per heavy atom. The van der Waals surface area contributed by atoms with E-state index in [9.17, 15) is 9.59 Å².